The molecular formula is C18H13ClN2O. The highest BCUT2D eigenvalue weighted by Gasteiger charge is 2.29. The molecule has 2 aromatic carbocycles. The van der Waals surface area contributed by atoms with E-state index in [1.165, 1.54) is 0 Å². The molecule has 0 saturated carbocycles. The molecule has 22 heavy (non-hydrogen) atoms. The number of anilines is 1. The Bertz CT molecular complexity index is 939. The molecule has 1 aliphatic rings. The highest BCUT2D eigenvalue weighted by molar-refractivity contribution is 6.38. The number of carbonyl (C=O) groups is 1. The topological polar surface area (TPSA) is 36.1 Å². The molecule has 0 bridgehead atoms. The quantitative estimate of drug-likeness (QED) is 0.667. The van der Waals surface area contributed by atoms with Crippen molar-refractivity contribution in [3.05, 3.63) is 64.8 Å². The van der Waals surface area contributed by atoms with Crippen molar-refractivity contribution in [3.63, 3.8) is 0 Å². The number of hydrogen-bond acceptors (Lipinski definition) is 1. The summed E-state index contributed by atoms with van der Waals surface area (Å²) in [5, 5.41) is 1.56. The molecule has 0 fully saturated rings. The maximum Gasteiger partial charge on any atom is 0.258 e. The zero-order valence-corrected chi connectivity index (χ0v) is 12.7. The van der Waals surface area contributed by atoms with Crippen molar-refractivity contribution < 1.29 is 4.79 Å². The van der Waals surface area contributed by atoms with Crippen molar-refractivity contribution in [2.45, 2.75) is 0 Å². The van der Waals surface area contributed by atoms with Gasteiger partial charge in [0.2, 0.25) is 0 Å². The number of amides is 1. The third-order valence-corrected chi connectivity index (χ3v) is 4.38. The normalized spacial score (nSPS) is 15.8. The molecular weight excluding hydrogens is 296 g/mol. The molecule has 0 saturated heterocycles. The number of benzene rings is 2. The Hall–Kier alpha value is -2.52. The zero-order chi connectivity index (χ0) is 15.3. The Kier molecular flexibility index (Phi) is 2.84. The predicted molar refractivity (Wildman–Crippen MR) is 91.0 cm³/mol. The zero-order valence-electron chi connectivity index (χ0n) is 11.9. The molecule has 3 aromatic rings. The first-order chi connectivity index (χ1) is 10.7. The summed E-state index contributed by atoms with van der Waals surface area (Å²) in [6.07, 6.45) is 1.88. The fraction of sp³-hybridized carbons (Fsp3) is 0.0556. The summed E-state index contributed by atoms with van der Waals surface area (Å²) in [4.78, 5) is 17.4. The number of rotatable bonds is 1. The van der Waals surface area contributed by atoms with E-state index in [9.17, 15) is 4.79 Å². The summed E-state index contributed by atoms with van der Waals surface area (Å²) in [6.45, 7) is 0. The number of fused-ring (bicyclic) bond motifs is 2. The van der Waals surface area contributed by atoms with E-state index in [1.54, 1.807) is 11.9 Å². The van der Waals surface area contributed by atoms with Gasteiger partial charge in [0.25, 0.3) is 5.91 Å². The molecule has 1 aromatic heterocycles. The van der Waals surface area contributed by atoms with Crippen LogP contribution in [0.1, 0.15) is 11.1 Å². The molecule has 0 aliphatic carbocycles. The highest BCUT2D eigenvalue weighted by Crippen LogP contribution is 2.38. The average molecular weight is 309 g/mol. The van der Waals surface area contributed by atoms with Gasteiger partial charge in [-0.25, -0.2) is 0 Å². The lowest BCUT2D eigenvalue weighted by atomic mass is 10.0. The van der Waals surface area contributed by atoms with Gasteiger partial charge < -0.3 is 9.88 Å². The lowest BCUT2D eigenvalue weighted by Crippen LogP contribution is -2.20. The summed E-state index contributed by atoms with van der Waals surface area (Å²) >= 11 is 6.33. The standard InChI is InChI=1S/C18H13ClN2O/c1-21-16-9-5-3-7-12(16)14(18(21)22)10-13-11-6-2-4-8-15(11)20-17(13)19/h2-10,20H,1H3. The largest absolute Gasteiger partial charge is 0.345 e. The number of nitrogens with zero attached hydrogens (tertiary/aromatic N) is 1. The summed E-state index contributed by atoms with van der Waals surface area (Å²) < 4.78 is 0. The third kappa shape index (κ3) is 1.79. The Balaban J connectivity index is 1.96. The maximum atomic E-state index is 12.5. The maximum absolute atomic E-state index is 12.5. The number of likely N-dealkylation sites (N-methyl/N-ethyl adjacent to an activating group) is 1. The fourth-order valence-corrected chi connectivity index (χ4v) is 3.21. The Morgan fingerprint density at radius 1 is 1.09 bits per heavy atom. The van der Waals surface area contributed by atoms with Crippen molar-refractivity contribution in [1.29, 1.82) is 0 Å². The number of carbonyl (C=O) groups excluding carboxylic acids is 1. The smallest absolute Gasteiger partial charge is 0.258 e. The van der Waals surface area contributed by atoms with E-state index in [4.69, 9.17) is 11.6 Å². The molecule has 2 heterocycles. The van der Waals surface area contributed by atoms with Gasteiger partial charge in [0.1, 0.15) is 5.15 Å². The second kappa shape index (κ2) is 4.75. The van der Waals surface area contributed by atoms with Crippen LogP contribution in [0.25, 0.3) is 22.6 Å². The van der Waals surface area contributed by atoms with Crippen LogP contribution >= 0.6 is 11.6 Å². The molecule has 4 rings (SSSR count). The van der Waals surface area contributed by atoms with Gasteiger partial charge >= 0.3 is 0 Å². The predicted octanol–water partition coefficient (Wildman–Crippen LogP) is 4.34. The second-order valence-corrected chi connectivity index (χ2v) is 5.72. The van der Waals surface area contributed by atoms with Crippen LogP contribution in [0.2, 0.25) is 5.15 Å². The van der Waals surface area contributed by atoms with E-state index in [0.717, 1.165) is 27.7 Å². The van der Waals surface area contributed by atoms with Crippen LogP contribution in [0.4, 0.5) is 5.69 Å². The van der Waals surface area contributed by atoms with Crippen LogP contribution in [0.15, 0.2) is 48.5 Å². The van der Waals surface area contributed by atoms with E-state index >= 15 is 0 Å². The van der Waals surface area contributed by atoms with Gasteiger partial charge in [-0.05, 0) is 18.2 Å². The van der Waals surface area contributed by atoms with E-state index in [2.05, 4.69) is 4.98 Å². The van der Waals surface area contributed by atoms with Gasteiger partial charge in [-0.15, -0.1) is 0 Å². The number of H-pyrrole nitrogens is 1. The molecule has 3 nitrogen and oxygen atoms in total. The number of aromatic amines is 1. The molecule has 1 N–H and O–H groups in total. The fourth-order valence-electron chi connectivity index (χ4n) is 2.95. The van der Waals surface area contributed by atoms with E-state index < -0.39 is 0 Å². The van der Waals surface area contributed by atoms with Gasteiger partial charge in [0.15, 0.2) is 0 Å². The van der Waals surface area contributed by atoms with Gasteiger partial charge in [0, 0.05) is 34.7 Å². The van der Waals surface area contributed by atoms with Crippen LogP contribution in [-0.2, 0) is 4.79 Å². The van der Waals surface area contributed by atoms with Crippen LogP contribution in [0.5, 0.6) is 0 Å². The molecule has 1 amide bonds. The number of nitrogens with one attached hydrogen (secondary N) is 1. The first kappa shape index (κ1) is 13.2. The van der Waals surface area contributed by atoms with Crippen molar-refractivity contribution in [2.75, 3.05) is 11.9 Å². The Morgan fingerprint density at radius 3 is 2.68 bits per heavy atom. The lowest BCUT2D eigenvalue weighted by molar-refractivity contribution is -0.112. The van der Waals surface area contributed by atoms with Crippen molar-refractivity contribution in [2.24, 2.45) is 0 Å². The lowest BCUT2D eigenvalue weighted by Gasteiger charge is -2.07. The number of halogens is 1. The van der Waals surface area contributed by atoms with Crippen molar-refractivity contribution in [3.8, 4) is 0 Å². The summed E-state index contributed by atoms with van der Waals surface area (Å²) in [7, 11) is 1.79. The second-order valence-electron chi connectivity index (χ2n) is 5.34. The number of hydrogen-bond donors (Lipinski definition) is 1. The molecule has 0 spiro atoms. The van der Waals surface area contributed by atoms with Crippen molar-refractivity contribution in [1.82, 2.24) is 4.98 Å². The Morgan fingerprint density at radius 2 is 1.82 bits per heavy atom. The molecule has 0 radical (unpaired) electrons. The minimum atomic E-state index is -0.0115. The van der Waals surface area contributed by atoms with Gasteiger partial charge in [-0.3, -0.25) is 4.79 Å². The van der Waals surface area contributed by atoms with Crippen LogP contribution in [0, 0.1) is 0 Å². The average Bonchev–Trinajstić information content (AvgIpc) is 2.98. The van der Waals surface area contributed by atoms with Crippen LogP contribution in [-0.4, -0.2) is 17.9 Å². The summed E-state index contributed by atoms with van der Waals surface area (Å²) in [5.74, 6) is -0.0115. The van der Waals surface area contributed by atoms with E-state index in [0.29, 0.717) is 10.7 Å². The van der Waals surface area contributed by atoms with Gasteiger partial charge in [-0.2, -0.15) is 0 Å². The molecule has 0 atom stereocenters. The van der Waals surface area contributed by atoms with E-state index in [-0.39, 0.29) is 5.91 Å². The Labute approximate surface area is 132 Å². The molecule has 108 valence electrons. The minimum Gasteiger partial charge on any atom is -0.345 e. The first-order valence-corrected chi connectivity index (χ1v) is 7.40. The van der Waals surface area contributed by atoms with Crippen LogP contribution < -0.4 is 4.90 Å². The summed E-state index contributed by atoms with van der Waals surface area (Å²) in [5.41, 5.74) is 4.35. The van der Waals surface area contributed by atoms with Gasteiger partial charge in [-0.1, -0.05) is 48.0 Å². The number of aromatic nitrogens is 1. The van der Waals surface area contributed by atoms with Crippen LogP contribution in [0.3, 0.4) is 0 Å². The van der Waals surface area contributed by atoms with E-state index in [1.807, 2.05) is 54.6 Å². The molecule has 4 heteroatoms. The SMILES string of the molecule is CN1C(=O)C(=Cc2c(Cl)[nH]c3ccccc23)c2ccccc21. The number of para-hydroxylation sites is 2. The minimum absolute atomic E-state index is 0.0115. The molecule has 0 unspecified atom stereocenters. The van der Waals surface area contributed by atoms with Gasteiger partial charge in [0.05, 0.1) is 5.69 Å². The van der Waals surface area contributed by atoms with Crippen molar-refractivity contribution >= 4 is 45.7 Å². The summed E-state index contributed by atoms with van der Waals surface area (Å²) in [6, 6.07) is 15.7. The third-order valence-electron chi connectivity index (χ3n) is 4.08. The first-order valence-electron chi connectivity index (χ1n) is 7.02. The monoisotopic (exact) mass is 308 g/mol. The highest BCUT2D eigenvalue weighted by atomic mass is 35.5. The molecule has 1 aliphatic heterocycles.